The predicted octanol–water partition coefficient (Wildman–Crippen LogP) is -0.227. The van der Waals surface area contributed by atoms with Crippen LogP contribution in [0.5, 0.6) is 0 Å². The van der Waals surface area contributed by atoms with Crippen molar-refractivity contribution in [3.05, 3.63) is 12.2 Å². The van der Waals surface area contributed by atoms with Crippen LogP contribution in [0.2, 0.25) is 0 Å². The third-order valence-corrected chi connectivity index (χ3v) is 1.60. The van der Waals surface area contributed by atoms with Gasteiger partial charge in [0.25, 0.3) is 0 Å². The van der Waals surface area contributed by atoms with Gasteiger partial charge in [-0.15, -0.1) is 0 Å². The Morgan fingerprint density at radius 2 is 2.50 bits per heavy atom. The maximum atomic E-state index is 5.44. The molecule has 1 heterocycles. The van der Waals surface area contributed by atoms with Crippen molar-refractivity contribution in [3.8, 4) is 0 Å². The fraction of sp³-hybridized carbons (Fsp3) is 0.714. The third-order valence-electron chi connectivity index (χ3n) is 1.60. The Labute approximate surface area is 71.5 Å². The first-order valence-corrected chi connectivity index (χ1v) is 3.94. The average molecular weight is 170 g/mol. The minimum Gasteiger partial charge on any atom is -0.385 e. The minimum absolute atomic E-state index is 0.437. The van der Waals surface area contributed by atoms with Gasteiger partial charge in [0.1, 0.15) is 12.2 Å². The number of hydrogen-bond acceptors (Lipinski definition) is 4. The smallest absolute Gasteiger partial charge is 0.140 e. The minimum atomic E-state index is 0.437. The summed E-state index contributed by atoms with van der Waals surface area (Å²) in [7, 11) is 1.69. The summed E-state index contributed by atoms with van der Waals surface area (Å²) in [5, 5.41) is 4.03. The molecule has 0 aliphatic heterocycles. The first kappa shape index (κ1) is 9.15. The Morgan fingerprint density at radius 3 is 3.17 bits per heavy atom. The SMILES string of the molecule is COCCCn1ncnc1CN. The molecule has 0 saturated heterocycles. The van der Waals surface area contributed by atoms with Crippen molar-refractivity contribution in [2.45, 2.75) is 19.5 Å². The zero-order chi connectivity index (χ0) is 8.81. The summed E-state index contributed by atoms with van der Waals surface area (Å²) in [4.78, 5) is 4.00. The van der Waals surface area contributed by atoms with E-state index in [1.807, 2.05) is 0 Å². The van der Waals surface area contributed by atoms with Gasteiger partial charge in [-0.1, -0.05) is 0 Å². The molecule has 0 aliphatic carbocycles. The van der Waals surface area contributed by atoms with Crippen molar-refractivity contribution in [2.24, 2.45) is 5.73 Å². The van der Waals surface area contributed by atoms with Crippen LogP contribution >= 0.6 is 0 Å². The Kier molecular flexibility index (Phi) is 3.69. The second kappa shape index (κ2) is 4.84. The number of hydrogen-bond donors (Lipinski definition) is 1. The molecule has 1 rings (SSSR count). The fourth-order valence-electron chi connectivity index (χ4n) is 0.992. The number of aryl methyl sites for hydroxylation is 1. The van der Waals surface area contributed by atoms with E-state index in [0.717, 1.165) is 25.4 Å². The molecule has 1 aromatic heterocycles. The monoisotopic (exact) mass is 170 g/mol. The lowest BCUT2D eigenvalue weighted by Gasteiger charge is -2.02. The summed E-state index contributed by atoms with van der Waals surface area (Å²) in [5.74, 6) is 0.825. The zero-order valence-electron chi connectivity index (χ0n) is 7.23. The normalized spacial score (nSPS) is 10.5. The summed E-state index contributed by atoms with van der Waals surface area (Å²) < 4.78 is 6.73. The average Bonchev–Trinajstić information content (AvgIpc) is 2.52. The summed E-state index contributed by atoms with van der Waals surface area (Å²) in [6, 6.07) is 0. The van der Waals surface area contributed by atoms with Crippen molar-refractivity contribution in [1.82, 2.24) is 14.8 Å². The highest BCUT2D eigenvalue weighted by atomic mass is 16.5. The molecule has 0 bridgehead atoms. The zero-order valence-corrected chi connectivity index (χ0v) is 7.23. The second-order valence-corrected chi connectivity index (χ2v) is 2.45. The van der Waals surface area contributed by atoms with Crippen molar-refractivity contribution in [2.75, 3.05) is 13.7 Å². The number of ether oxygens (including phenoxy) is 1. The Bertz CT molecular complexity index is 223. The molecule has 0 radical (unpaired) electrons. The predicted molar refractivity (Wildman–Crippen MR) is 44.4 cm³/mol. The molecule has 0 fully saturated rings. The first-order chi connectivity index (χ1) is 5.88. The maximum absolute atomic E-state index is 5.44. The molecule has 0 aliphatic rings. The highest BCUT2D eigenvalue weighted by molar-refractivity contribution is 4.81. The topological polar surface area (TPSA) is 66.0 Å². The third kappa shape index (κ3) is 2.28. The number of methoxy groups -OCH3 is 1. The van der Waals surface area contributed by atoms with Crippen molar-refractivity contribution in [3.63, 3.8) is 0 Å². The first-order valence-electron chi connectivity index (χ1n) is 3.94. The molecular formula is C7H14N4O. The van der Waals surface area contributed by atoms with Crippen molar-refractivity contribution >= 4 is 0 Å². The molecule has 68 valence electrons. The molecule has 5 nitrogen and oxygen atoms in total. The Balaban J connectivity index is 2.39. The van der Waals surface area contributed by atoms with Crippen molar-refractivity contribution < 1.29 is 4.74 Å². The van der Waals surface area contributed by atoms with Crippen LogP contribution in [0, 0.1) is 0 Å². The molecule has 12 heavy (non-hydrogen) atoms. The molecule has 2 N–H and O–H groups in total. The summed E-state index contributed by atoms with van der Waals surface area (Å²) in [6.45, 7) is 2.00. The van der Waals surface area contributed by atoms with E-state index in [-0.39, 0.29) is 0 Å². The molecule has 1 aromatic rings. The van der Waals surface area contributed by atoms with Gasteiger partial charge >= 0.3 is 0 Å². The lowest BCUT2D eigenvalue weighted by atomic mass is 10.4. The van der Waals surface area contributed by atoms with E-state index in [0.29, 0.717) is 6.54 Å². The molecule has 0 unspecified atom stereocenters. The quantitative estimate of drug-likeness (QED) is 0.620. The fourth-order valence-corrected chi connectivity index (χ4v) is 0.992. The molecule has 0 spiro atoms. The number of nitrogens with zero attached hydrogens (tertiary/aromatic N) is 3. The van der Waals surface area contributed by atoms with E-state index in [4.69, 9.17) is 10.5 Å². The van der Waals surface area contributed by atoms with Gasteiger partial charge < -0.3 is 10.5 Å². The number of aromatic nitrogens is 3. The van der Waals surface area contributed by atoms with Crippen LogP contribution in [-0.4, -0.2) is 28.5 Å². The van der Waals surface area contributed by atoms with Crippen LogP contribution in [-0.2, 0) is 17.8 Å². The lowest BCUT2D eigenvalue weighted by molar-refractivity contribution is 0.188. The van der Waals surface area contributed by atoms with Gasteiger partial charge in [-0.3, -0.25) is 0 Å². The molecule has 0 amide bonds. The van der Waals surface area contributed by atoms with Gasteiger partial charge in [0.15, 0.2) is 0 Å². The van der Waals surface area contributed by atoms with E-state index >= 15 is 0 Å². The van der Waals surface area contributed by atoms with Crippen molar-refractivity contribution in [1.29, 1.82) is 0 Å². The van der Waals surface area contributed by atoms with E-state index in [9.17, 15) is 0 Å². The maximum Gasteiger partial charge on any atom is 0.140 e. The Hall–Kier alpha value is -0.940. The van der Waals surface area contributed by atoms with E-state index in [1.165, 1.54) is 6.33 Å². The van der Waals surface area contributed by atoms with Crippen LogP contribution in [0.15, 0.2) is 6.33 Å². The number of rotatable bonds is 5. The molecule has 0 aromatic carbocycles. The summed E-state index contributed by atoms with van der Waals surface area (Å²) >= 11 is 0. The second-order valence-electron chi connectivity index (χ2n) is 2.45. The van der Waals surface area contributed by atoms with E-state index in [2.05, 4.69) is 10.1 Å². The highest BCUT2D eigenvalue weighted by Gasteiger charge is 1.99. The van der Waals surface area contributed by atoms with Gasteiger partial charge in [-0.2, -0.15) is 5.10 Å². The van der Waals surface area contributed by atoms with E-state index < -0.39 is 0 Å². The molecule has 0 atom stereocenters. The molecular weight excluding hydrogens is 156 g/mol. The summed E-state index contributed by atoms with van der Waals surface area (Å²) in [6.07, 6.45) is 2.46. The Morgan fingerprint density at radius 1 is 1.67 bits per heavy atom. The van der Waals surface area contributed by atoms with Gasteiger partial charge in [-0.25, -0.2) is 9.67 Å². The molecule has 5 heteroatoms. The van der Waals surface area contributed by atoms with Gasteiger partial charge in [-0.05, 0) is 6.42 Å². The van der Waals surface area contributed by atoms with Gasteiger partial charge in [0, 0.05) is 20.3 Å². The van der Waals surface area contributed by atoms with Crippen LogP contribution in [0.3, 0.4) is 0 Å². The lowest BCUT2D eigenvalue weighted by Crippen LogP contribution is -2.11. The standard InChI is InChI=1S/C7H14N4O/c1-12-4-2-3-11-7(5-8)9-6-10-11/h6H,2-5,8H2,1H3. The van der Waals surface area contributed by atoms with Crippen LogP contribution in [0.1, 0.15) is 12.2 Å². The molecule has 0 saturated carbocycles. The largest absolute Gasteiger partial charge is 0.385 e. The summed E-state index contributed by atoms with van der Waals surface area (Å²) in [5.41, 5.74) is 5.44. The van der Waals surface area contributed by atoms with Crippen LogP contribution in [0.4, 0.5) is 0 Å². The van der Waals surface area contributed by atoms with Gasteiger partial charge in [0.05, 0.1) is 6.54 Å². The van der Waals surface area contributed by atoms with Crippen LogP contribution < -0.4 is 5.73 Å². The highest BCUT2D eigenvalue weighted by Crippen LogP contribution is 1.94. The van der Waals surface area contributed by atoms with Crippen LogP contribution in [0.25, 0.3) is 0 Å². The van der Waals surface area contributed by atoms with E-state index in [1.54, 1.807) is 11.8 Å². The van der Waals surface area contributed by atoms with Gasteiger partial charge in [0.2, 0.25) is 0 Å². The number of nitrogens with two attached hydrogens (primary N) is 1.